The van der Waals surface area contributed by atoms with Gasteiger partial charge in [-0.2, -0.15) is 5.26 Å². The fourth-order valence-electron chi connectivity index (χ4n) is 2.95. The molecule has 2 heterocycles. The highest BCUT2D eigenvalue weighted by Crippen LogP contribution is 2.45. The van der Waals surface area contributed by atoms with Crippen molar-refractivity contribution < 1.29 is 19.1 Å². The summed E-state index contributed by atoms with van der Waals surface area (Å²) < 4.78 is 9.49. The minimum absolute atomic E-state index is 0.277. The molecule has 1 fully saturated rings. The monoisotopic (exact) mass is 250 g/mol. The predicted octanol–water partition coefficient (Wildman–Crippen LogP) is -0.289. The minimum Gasteiger partial charge on any atom is -0.469 e. The van der Waals surface area contributed by atoms with Crippen molar-refractivity contribution in [1.29, 1.82) is 5.26 Å². The lowest BCUT2D eigenvalue weighted by Gasteiger charge is -2.23. The van der Waals surface area contributed by atoms with Crippen LogP contribution in [-0.4, -0.2) is 50.2 Å². The molecule has 0 radical (unpaired) electrons. The molecule has 0 spiro atoms. The van der Waals surface area contributed by atoms with Crippen LogP contribution in [0.4, 0.5) is 0 Å². The van der Waals surface area contributed by atoms with Crippen LogP contribution in [0.5, 0.6) is 0 Å². The van der Waals surface area contributed by atoms with Crippen molar-refractivity contribution in [1.82, 2.24) is 4.90 Å². The van der Waals surface area contributed by atoms with E-state index in [1.54, 1.807) is 13.1 Å². The Morgan fingerprint density at radius 2 is 1.83 bits per heavy atom. The highest BCUT2D eigenvalue weighted by atomic mass is 16.5. The van der Waals surface area contributed by atoms with Crippen LogP contribution in [0.1, 0.15) is 0 Å². The van der Waals surface area contributed by atoms with Crippen molar-refractivity contribution in [3.63, 3.8) is 0 Å². The SMILES string of the molecule is COC(=O)C1C(C(=O)OC)C2C(C#N)=CC1N2C. The fourth-order valence-corrected chi connectivity index (χ4v) is 2.95. The molecule has 1 saturated heterocycles. The molecule has 0 aliphatic carbocycles. The lowest BCUT2D eigenvalue weighted by atomic mass is 9.80. The van der Waals surface area contributed by atoms with Crippen LogP contribution in [0.25, 0.3) is 0 Å². The maximum Gasteiger partial charge on any atom is 0.311 e. The van der Waals surface area contributed by atoms with Crippen LogP contribution in [-0.2, 0) is 19.1 Å². The van der Waals surface area contributed by atoms with E-state index in [9.17, 15) is 9.59 Å². The Bertz CT molecular complexity index is 465. The number of rotatable bonds is 2. The topological polar surface area (TPSA) is 79.6 Å². The number of nitrogens with zero attached hydrogens (tertiary/aromatic N) is 2. The molecule has 0 saturated carbocycles. The molecular formula is C12H14N2O4. The van der Waals surface area contributed by atoms with E-state index in [-0.39, 0.29) is 6.04 Å². The molecule has 2 bridgehead atoms. The summed E-state index contributed by atoms with van der Waals surface area (Å²) >= 11 is 0. The summed E-state index contributed by atoms with van der Waals surface area (Å²) in [7, 11) is 4.35. The van der Waals surface area contributed by atoms with E-state index in [2.05, 4.69) is 6.07 Å². The number of esters is 2. The number of methoxy groups -OCH3 is 2. The molecule has 2 rings (SSSR count). The van der Waals surface area contributed by atoms with Gasteiger partial charge in [0.05, 0.1) is 38.2 Å². The summed E-state index contributed by atoms with van der Waals surface area (Å²) in [5.74, 6) is -2.20. The van der Waals surface area contributed by atoms with Crippen molar-refractivity contribution in [2.75, 3.05) is 21.3 Å². The Morgan fingerprint density at radius 3 is 2.33 bits per heavy atom. The average Bonchev–Trinajstić information content (AvgIpc) is 2.86. The predicted molar refractivity (Wildman–Crippen MR) is 60.0 cm³/mol. The maximum absolute atomic E-state index is 11.8. The molecule has 0 aromatic rings. The quantitative estimate of drug-likeness (QED) is 0.627. The molecule has 18 heavy (non-hydrogen) atoms. The van der Waals surface area contributed by atoms with E-state index in [1.807, 2.05) is 4.90 Å². The third-order valence-electron chi connectivity index (χ3n) is 3.75. The van der Waals surface area contributed by atoms with Gasteiger partial charge in [-0.05, 0) is 7.05 Å². The number of fused-ring (bicyclic) bond motifs is 2. The van der Waals surface area contributed by atoms with Gasteiger partial charge >= 0.3 is 11.9 Å². The van der Waals surface area contributed by atoms with Crippen LogP contribution in [0, 0.1) is 23.2 Å². The molecule has 0 aromatic carbocycles. The van der Waals surface area contributed by atoms with Crippen LogP contribution >= 0.6 is 0 Å². The highest BCUT2D eigenvalue weighted by molar-refractivity contribution is 5.86. The Kier molecular flexibility index (Phi) is 3.09. The van der Waals surface area contributed by atoms with Gasteiger partial charge < -0.3 is 9.47 Å². The molecule has 6 nitrogen and oxygen atoms in total. The van der Waals surface area contributed by atoms with Gasteiger partial charge in [-0.1, -0.05) is 6.08 Å². The summed E-state index contributed by atoms with van der Waals surface area (Å²) in [5.41, 5.74) is 0.512. The average molecular weight is 250 g/mol. The second kappa shape index (κ2) is 4.42. The molecule has 4 unspecified atom stereocenters. The molecule has 96 valence electrons. The normalized spacial score (nSPS) is 33.8. The maximum atomic E-state index is 11.8. The van der Waals surface area contributed by atoms with Crippen LogP contribution in [0.3, 0.4) is 0 Å². The second-order valence-electron chi connectivity index (χ2n) is 4.43. The lowest BCUT2D eigenvalue weighted by Crippen LogP contribution is -2.39. The highest BCUT2D eigenvalue weighted by Gasteiger charge is 2.59. The van der Waals surface area contributed by atoms with Crippen molar-refractivity contribution >= 4 is 11.9 Å². The van der Waals surface area contributed by atoms with Crippen molar-refractivity contribution in [2.45, 2.75) is 12.1 Å². The number of hydrogen-bond donors (Lipinski definition) is 0. The van der Waals surface area contributed by atoms with Crippen molar-refractivity contribution in [2.24, 2.45) is 11.8 Å². The summed E-state index contributed by atoms with van der Waals surface area (Å²) in [6, 6.07) is 1.40. The molecule has 4 atom stereocenters. The number of likely N-dealkylation sites (N-methyl/N-ethyl adjacent to an activating group) is 1. The summed E-state index contributed by atoms with van der Waals surface area (Å²) in [4.78, 5) is 25.5. The van der Waals surface area contributed by atoms with E-state index in [0.29, 0.717) is 5.57 Å². The second-order valence-corrected chi connectivity index (χ2v) is 4.43. The van der Waals surface area contributed by atoms with Gasteiger partial charge in [-0.25, -0.2) is 0 Å². The minimum atomic E-state index is -0.669. The van der Waals surface area contributed by atoms with E-state index in [0.717, 1.165) is 0 Å². The Hall–Kier alpha value is -1.87. The molecule has 0 amide bonds. The standard InChI is InChI=1S/C12H14N2O4/c1-14-7-4-6(5-13)10(14)9(12(16)18-3)8(7)11(15)17-2/h4,7-10H,1-3H3. The largest absolute Gasteiger partial charge is 0.469 e. The molecule has 2 aliphatic rings. The van der Waals surface area contributed by atoms with Gasteiger partial charge in [0.1, 0.15) is 0 Å². The summed E-state index contributed by atoms with van der Waals surface area (Å²) in [6.07, 6.45) is 1.73. The van der Waals surface area contributed by atoms with Gasteiger partial charge in [0, 0.05) is 11.6 Å². The van der Waals surface area contributed by atoms with Crippen LogP contribution in [0.15, 0.2) is 11.6 Å². The van der Waals surface area contributed by atoms with Gasteiger partial charge in [0.2, 0.25) is 0 Å². The molecular weight excluding hydrogens is 236 g/mol. The number of carbonyl (C=O) groups excluding carboxylic acids is 2. The summed E-state index contributed by atoms with van der Waals surface area (Å²) in [5, 5.41) is 9.05. The first-order chi connectivity index (χ1) is 8.56. The third-order valence-corrected chi connectivity index (χ3v) is 3.75. The zero-order chi connectivity index (χ0) is 13.4. The third kappa shape index (κ3) is 1.51. The van der Waals surface area contributed by atoms with Gasteiger partial charge in [0.15, 0.2) is 0 Å². The van der Waals surface area contributed by atoms with E-state index >= 15 is 0 Å². The smallest absolute Gasteiger partial charge is 0.311 e. The number of ether oxygens (including phenoxy) is 2. The van der Waals surface area contributed by atoms with Crippen LogP contribution in [0.2, 0.25) is 0 Å². The van der Waals surface area contributed by atoms with Crippen LogP contribution < -0.4 is 0 Å². The van der Waals surface area contributed by atoms with Crippen molar-refractivity contribution in [3.05, 3.63) is 11.6 Å². The molecule has 2 aliphatic heterocycles. The first-order valence-electron chi connectivity index (χ1n) is 5.56. The molecule has 0 N–H and O–H groups in total. The fraction of sp³-hybridized carbons (Fsp3) is 0.583. The Morgan fingerprint density at radius 1 is 1.28 bits per heavy atom. The number of carbonyl (C=O) groups is 2. The van der Waals surface area contributed by atoms with E-state index in [1.165, 1.54) is 14.2 Å². The lowest BCUT2D eigenvalue weighted by molar-refractivity contribution is -0.156. The molecule has 6 heteroatoms. The van der Waals surface area contributed by atoms with Gasteiger partial charge in [0.25, 0.3) is 0 Å². The van der Waals surface area contributed by atoms with Gasteiger partial charge in [-0.15, -0.1) is 0 Å². The summed E-state index contributed by atoms with van der Waals surface area (Å²) in [6.45, 7) is 0. The van der Waals surface area contributed by atoms with E-state index < -0.39 is 29.8 Å². The van der Waals surface area contributed by atoms with Crippen molar-refractivity contribution in [3.8, 4) is 6.07 Å². The first kappa shape index (κ1) is 12.6. The van der Waals surface area contributed by atoms with E-state index in [4.69, 9.17) is 14.7 Å². The van der Waals surface area contributed by atoms with Gasteiger partial charge in [-0.3, -0.25) is 14.5 Å². The number of hydrogen-bond acceptors (Lipinski definition) is 6. The Labute approximate surface area is 105 Å². The molecule has 0 aromatic heterocycles. The Balaban J connectivity index is 2.42. The zero-order valence-corrected chi connectivity index (χ0v) is 10.4. The zero-order valence-electron chi connectivity index (χ0n) is 10.4. The number of nitriles is 1. The first-order valence-corrected chi connectivity index (χ1v) is 5.56.